The lowest BCUT2D eigenvalue weighted by atomic mass is 9.71. The molecule has 5 unspecified atom stereocenters. The summed E-state index contributed by atoms with van der Waals surface area (Å²) in [7, 11) is 0. The minimum absolute atomic E-state index is 0.135. The topological polar surface area (TPSA) is 45.3 Å². The second kappa shape index (κ2) is 1.72. The van der Waals surface area contributed by atoms with Crippen LogP contribution in [0.5, 0.6) is 0 Å². The molecule has 2 spiro atoms. The van der Waals surface area contributed by atoms with Gasteiger partial charge < -0.3 is 14.6 Å². The fourth-order valence-corrected chi connectivity index (χ4v) is 3.35. The number of hydrogen-bond donors (Lipinski definition) is 1. The molecule has 4 aliphatic rings. The number of rotatable bonds is 0. The van der Waals surface area contributed by atoms with E-state index in [1.54, 1.807) is 0 Å². The molecule has 2 aliphatic heterocycles. The average Bonchev–Trinajstić information content (AvgIpc) is 2.96. The molecule has 2 heterocycles. The van der Waals surface area contributed by atoms with Crippen molar-refractivity contribution in [2.75, 3.05) is 0 Å². The summed E-state index contributed by atoms with van der Waals surface area (Å²) in [4.78, 5) is 0. The molecule has 4 rings (SSSR count). The van der Waals surface area contributed by atoms with Crippen molar-refractivity contribution in [3.8, 4) is 0 Å². The van der Waals surface area contributed by atoms with Crippen molar-refractivity contribution in [1.29, 1.82) is 0 Å². The van der Waals surface area contributed by atoms with Gasteiger partial charge >= 0.3 is 0 Å². The van der Waals surface area contributed by atoms with E-state index in [0.717, 1.165) is 12.8 Å². The first-order valence-corrected chi connectivity index (χ1v) is 5.02. The molecule has 3 heteroatoms. The Balaban J connectivity index is 1.87. The highest BCUT2D eigenvalue weighted by Gasteiger charge is 2.84. The molecular formula is C10H12O3. The molecule has 3 fully saturated rings. The summed E-state index contributed by atoms with van der Waals surface area (Å²) in [5.74, 6) is 0. The number of ether oxygens (including phenoxy) is 2. The van der Waals surface area contributed by atoms with E-state index in [1.807, 2.05) is 12.2 Å². The molecule has 2 aliphatic carbocycles. The molecule has 0 aromatic heterocycles. The average molecular weight is 180 g/mol. The van der Waals surface area contributed by atoms with Gasteiger partial charge in [-0.3, -0.25) is 0 Å². The Hall–Kier alpha value is -0.380. The van der Waals surface area contributed by atoms with Crippen molar-refractivity contribution in [2.24, 2.45) is 0 Å². The maximum atomic E-state index is 9.91. The van der Waals surface area contributed by atoms with E-state index in [1.165, 1.54) is 6.42 Å². The van der Waals surface area contributed by atoms with Crippen molar-refractivity contribution in [1.82, 2.24) is 0 Å². The van der Waals surface area contributed by atoms with E-state index in [-0.39, 0.29) is 23.4 Å². The van der Waals surface area contributed by atoms with Gasteiger partial charge in [-0.2, -0.15) is 0 Å². The Labute approximate surface area is 76.3 Å². The van der Waals surface area contributed by atoms with E-state index < -0.39 is 6.10 Å². The first-order valence-electron chi connectivity index (χ1n) is 5.02. The van der Waals surface area contributed by atoms with Crippen LogP contribution >= 0.6 is 0 Å². The van der Waals surface area contributed by atoms with Gasteiger partial charge in [-0.15, -0.1) is 0 Å². The van der Waals surface area contributed by atoms with Crippen molar-refractivity contribution >= 4 is 0 Å². The Morgan fingerprint density at radius 3 is 3.08 bits per heavy atom. The van der Waals surface area contributed by atoms with Gasteiger partial charge in [0.25, 0.3) is 0 Å². The number of aliphatic hydroxyl groups is 1. The lowest BCUT2D eigenvalue weighted by molar-refractivity contribution is 0.0418. The van der Waals surface area contributed by atoms with Gasteiger partial charge in [-0.05, 0) is 19.3 Å². The Kier molecular flexibility index (Phi) is 0.923. The molecule has 0 aromatic rings. The third kappa shape index (κ3) is 0.540. The molecular weight excluding hydrogens is 168 g/mol. The molecule has 1 saturated carbocycles. The largest absolute Gasteiger partial charge is 0.386 e. The molecule has 2 saturated heterocycles. The highest BCUT2D eigenvalue weighted by molar-refractivity contribution is 5.39. The summed E-state index contributed by atoms with van der Waals surface area (Å²) in [6.07, 6.45) is 7.16. The first-order chi connectivity index (χ1) is 6.30. The molecule has 5 atom stereocenters. The van der Waals surface area contributed by atoms with Crippen LogP contribution in [0.25, 0.3) is 0 Å². The highest BCUT2D eigenvalue weighted by Crippen LogP contribution is 2.67. The standard InChI is InChI=1S/C10H12O3/c11-6-3-4-7-9(12-7)5-1-2-8-10(6,9)13-8/h3-4,6-8,11H,1-2,5H2. The van der Waals surface area contributed by atoms with Gasteiger partial charge in [0, 0.05) is 0 Å². The smallest absolute Gasteiger partial charge is 0.156 e. The normalized spacial score (nSPS) is 66.4. The third-order valence-corrected chi connectivity index (χ3v) is 4.08. The Morgan fingerprint density at radius 2 is 2.23 bits per heavy atom. The number of epoxide rings is 2. The van der Waals surface area contributed by atoms with E-state index >= 15 is 0 Å². The minimum Gasteiger partial charge on any atom is -0.386 e. The van der Waals surface area contributed by atoms with Gasteiger partial charge in [0.2, 0.25) is 0 Å². The molecule has 0 aromatic carbocycles. The quantitative estimate of drug-likeness (QED) is 0.433. The van der Waals surface area contributed by atoms with E-state index in [9.17, 15) is 5.11 Å². The summed E-state index contributed by atoms with van der Waals surface area (Å²) in [6.45, 7) is 0. The minimum atomic E-state index is -0.448. The van der Waals surface area contributed by atoms with Crippen LogP contribution in [0.15, 0.2) is 12.2 Å². The van der Waals surface area contributed by atoms with Crippen LogP contribution < -0.4 is 0 Å². The molecule has 0 radical (unpaired) electrons. The lowest BCUT2D eigenvalue weighted by Gasteiger charge is -2.30. The fraction of sp³-hybridized carbons (Fsp3) is 0.800. The summed E-state index contributed by atoms with van der Waals surface area (Å²) in [5, 5.41) is 9.91. The van der Waals surface area contributed by atoms with Crippen LogP contribution in [-0.4, -0.2) is 34.6 Å². The van der Waals surface area contributed by atoms with Crippen molar-refractivity contribution < 1.29 is 14.6 Å². The van der Waals surface area contributed by atoms with E-state index in [4.69, 9.17) is 9.47 Å². The van der Waals surface area contributed by atoms with Gasteiger partial charge in [-0.25, -0.2) is 0 Å². The molecule has 0 amide bonds. The molecule has 70 valence electrons. The number of aliphatic hydroxyl groups excluding tert-OH is 1. The summed E-state index contributed by atoms with van der Waals surface area (Å²) >= 11 is 0. The summed E-state index contributed by atoms with van der Waals surface area (Å²) < 4.78 is 11.4. The third-order valence-electron chi connectivity index (χ3n) is 4.08. The predicted octanol–water partition coefficient (Wildman–Crippen LogP) is 0.376. The van der Waals surface area contributed by atoms with E-state index in [2.05, 4.69) is 0 Å². The highest BCUT2D eigenvalue weighted by atomic mass is 16.7. The maximum Gasteiger partial charge on any atom is 0.156 e. The van der Waals surface area contributed by atoms with Gasteiger partial charge in [0.05, 0.1) is 6.10 Å². The van der Waals surface area contributed by atoms with Crippen LogP contribution in [-0.2, 0) is 9.47 Å². The summed E-state index contributed by atoms with van der Waals surface area (Å²) in [6, 6.07) is 0. The molecule has 13 heavy (non-hydrogen) atoms. The van der Waals surface area contributed by atoms with Crippen LogP contribution in [0.1, 0.15) is 19.3 Å². The zero-order valence-corrected chi connectivity index (χ0v) is 7.27. The Bertz CT molecular complexity index is 313. The van der Waals surface area contributed by atoms with Crippen LogP contribution in [0.2, 0.25) is 0 Å². The zero-order valence-electron chi connectivity index (χ0n) is 7.27. The lowest BCUT2D eigenvalue weighted by Crippen LogP contribution is -2.50. The van der Waals surface area contributed by atoms with Crippen molar-refractivity contribution in [3.05, 3.63) is 12.2 Å². The number of hydrogen-bond acceptors (Lipinski definition) is 3. The van der Waals surface area contributed by atoms with Gasteiger partial charge in [0.15, 0.2) is 5.60 Å². The summed E-state index contributed by atoms with van der Waals surface area (Å²) in [5.41, 5.74) is -0.477. The monoisotopic (exact) mass is 180 g/mol. The van der Waals surface area contributed by atoms with Crippen LogP contribution in [0, 0.1) is 0 Å². The van der Waals surface area contributed by atoms with E-state index in [0.29, 0.717) is 0 Å². The fourth-order valence-electron chi connectivity index (χ4n) is 3.35. The predicted molar refractivity (Wildman–Crippen MR) is 44.2 cm³/mol. The Morgan fingerprint density at radius 1 is 1.31 bits per heavy atom. The maximum absolute atomic E-state index is 9.91. The molecule has 1 N–H and O–H groups in total. The van der Waals surface area contributed by atoms with Crippen LogP contribution in [0.4, 0.5) is 0 Å². The second-order valence-electron chi connectivity index (χ2n) is 4.55. The molecule has 0 bridgehead atoms. The zero-order chi connectivity index (χ0) is 8.68. The van der Waals surface area contributed by atoms with Crippen molar-refractivity contribution in [2.45, 2.75) is 48.8 Å². The second-order valence-corrected chi connectivity index (χ2v) is 4.55. The van der Waals surface area contributed by atoms with Crippen LogP contribution in [0.3, 0.4) is 0 Å². The first kappa shape index (κ1) is 6.98. The molecule has 3 nitrogen and oxygen atoms in total. The van der Waals surface area contributed by atoms with Gasteiger partial charge in [-0.1, -0.05) is 12.2 Å². The van der Waals surface area contributed by atoms with Gasteiger partial charge in [0.1, 0.15) is 17.8 Å². The SMILES string of the molecule is OC1C=CC2OC23CCCC2OC123. The van der Waals surface area contributed by atoms with Crippen molar-refractivity contribution in [3.63, 3.8) is 0 Å².